The molecule has 0 saturated carbocycles. The highest BCUT2D eigenvalue weighted by Crippen LogP contribution is 2.45. The van der Waals surface area contributed by atoms with Gasteiger partial charge < -0.3 is 25.6 Å². The van der Waals surface area contributed by atoms with Gasteiger partial charge in [-0.3, -0.25) is 4.79 Å². The Morgan fingerprint density at radius 2 is 1.63 bits per heavy atom. The van der Waals surface area contributed by atoms with Crippen LogP contribution in [-0.2, 0) is 21.5 Å². The van der Waals surface area contributed by atoms with E-state index in [1.165, 1.54) is 27.8 Å². The number of benzene rings is 4. The molecule has 258 valence electrons. The summed E-state index contributed by atoms with van der Waals surface area (Å²) in [6.45, 7) is 6.07. The number of halogens is 1. The molecule has 0 spiro atoms. The minimum atomic E-state index is -0.602. The van der Waals surface area contributed by atoms with E-state index in [-0.39, 0.29) is 17.9 Å². The van der Waals surface area contributed by atoms with Gasteiger partial charge in [-0.25, -0.2) is 9.78 Å². The summed E-state index contributed by atoms with van der Waals surface area (Å²) in [6.07, 6.45) is 3.25. The van der Waals surface area contributed by atoms with Crippen LogP contribution in [0.1, 0.15) is 66.3 Å². The number of nitrogens with zero attached hydrogens (tertiary/aromatic N) is 3. The van der Waals surface area contributed by atoms with E-state index >= 15 is 0 Å². The zero-order valence-corrected chi connectivity index (χ0v) is 30.2. The molecule has 1 aromatic heterocycles. The molecule has 1 saturated heterocycles. The third-order valence-electron chi connectivity index (χ3n) is 10.5. The van der Waals surface area contributed by atoms with Crippen LogP contribution < -0.4 is 16.0 Å². The van der Waals surface area contributed by atoms with Gasteiger partial charge in [-0.15, -0.1) is 0 Å². The number of anilines is 4. The summed E-state index contributed by atoms with van der Waals surface area (Å²) in [5.41, 5.74) is 9.34. The number of rotatable bonds is 8. The maximum absolute atomic E-state index is 13.1. The lowest BCUT2D eigenvalue weighted by atomic mass is 9.83. The minimum absolute atomic E-state index is 0.00433. The van der Waals surface area contributed by atoms with Gasteiger partial charge in [0.2, 0.25) is 11.9 Å². The largest absolute Gasteiger partial charge is 0.448 e. The van der Waals surface area contributed by atoms with Gasteiger partial charge >= 0.3 is 6.09 Å². The summed E-state index contributed by atoms with van der Waals surface area (Å²) in [4.78, 5) is 36.7. The molecule has 10 heteroatoms. The Balaban J connectivity index is 0.847. The summed E-state index contributed by atoms with van der Waals surface area (Å²) in [7, 11) is 0. The molecule has 1 fully saturated rings. The maximum atomic E-state index is 13.1. The zero-order valence-electron chi connectivity index (χ0n) is 28.6. The van der Waals surface area contributed by atoms with Crippen molar-refractivity contribution in [2.24, 2.45) is 0 Å². The van der Waals surface area contributed by atoms with E-state index in [0.29, 0.717) is 43.9 Å². The van der Waals surface area contributed by atoms with E-state index in [0.717, 1.165) is 39.8 Å². The number of carbonyl (C=O) groups is 2. The van der Waals surface area contributed by atoms with Crippen LogP contribution in [0.3, 0.4) is 0 Å². The molecule has 1 aliphatic carbocycles. The maximum Gasteiger partial charge on any atom is 0.409 e. The van der Waals surface area contributed by atoms with Crippen molar-refractivity contribution in [3.05, 3.63) is 129 Å². The molecule has 0 unspecified atom stereocenters. The van der Waals surface area contributed by atoms with Crippen LogP contribution in [0.5, 0.6) is 0 Å². The Morgan fingerprint density at radius 3 is 2.33 bits per heavy atom. The molecule has 3 N–H and O–H groups in total. The third kappa shape index (κ3) is 6.33. The predicted octanol–water partition coefficient (Wildman–Crippen LogP) is 8.95. The molecular weight excluding hydrogens is 704 g/mol. The molecule has 0 atom stereocenters. The van der Waals surface area contributed by atoms with Crippen LogP contribution in [0.2, 0.25) is 0 Å². The Bertz CT molecular complexity index is 2080. The first-order valence-corrected chi connectivity index (χ1v) is 18.2. The normalized spacial score (nSPS) is 16.2. The quantitative estimate of drug-likeness (QED) is 0.146. The molecule has 4 aromatic carbocycles. The lowest BCUT2D eigenvalue weighted by Gasteiger charge is -2.32. The van der Waals surface area contributed by atoms with Gasteiger partial charge in [-0.1, -0.05) is 72.8 Å². The summed E-state index contributed by atoms with van der Waals surface area (Å²) < 4.78 is 6.66. The average Bonchev–Trinajstić information content (AvgIpc) is 3.60. The first kappa shape index (κ1) is 33.0. The van der Waals surface area contributed by atoms with Crippen LogP contribution in [0.25, 0.3) is 11.1 Å². The molecule has 8 rings (SSSR count). The Kier molecular flexibility index (Phi) is 8.71. The second-order valence-electron chi connectivity index (χ2n) is 14.0. The van der Waals surface area contributed by atoms with Gasteiger partial charge in [-0.2, -0.15) is 4.98 Å². The highest BCUT2D eigenvalue weighted by atomic mass is 79.9. The molecule has 2 aliphatic heterocycles. The number of ether oxygens (including phenoxy) is 1. The van der Waals surface area contributed by atoms with Crippen LogP contribution in [0.4, 0.5) is 27.9 Å². The second kappa shape index (κ2) is 13.5. The van der Waals surface area contributed by atoms with E-state index in [4.69, 9.17) is 9.72 Å². The van der Waals surface area contributed by atoms with Crippen molar-refractivity contribution >= 4 is 51.1 Å². The number of piperidine rings is 1. The number of likely N-dealkylation sites (tertiary alicyclic amines) is 1. The molecule has 2 amide bonds. The van der Waals surface area contributed by atoms with Crippen molar-refractivity contribution in [3.8, 4) is 11.1 Å². The first-order chi connectivity index (χ1) is 24.8. The fraction of sp³-hybridized carbons (Fsp3) is 0.268. The Morgan fingerprint density at radius 1 is 0.941 bits per heavy atom. The number of amides is 2. The van der Waals surface area contributed by atoms with Crippen molar-refractivity contribution in [3.63, 3.8) is 0 Å². The fourth-order valence-corrected chi connectivity index (χ4v) is 8.09. The van der Waals surface area contributed by atoms with Crippen LogP contribution in [0.15, 0.2) is 102 Å². The minimum Gasteiger partial charge on any atom is -0.448 e. The molecule has 9 nitrogen and oxygen atoms in total. The topological polar surface area (TPSA) is 108 Å². The van der Waals surface area contributed by atoms with E-state index in [1.807, 2.05) is 49.1 Å². The van der Waals surface area contributed by atoms with Crippen molar-refractivity contribution in [2.45, 2.75) is 50.5 Å². The summed E-state index contributed by atoms with van der Waals surface area (Å²) in [5, 5.41) is 9.73. The highest BCUT2D eigenvalue weighted by Gasteiger charge is 2.40. The monoisotopic (exact) mass is 742 g/mol. The molecule has 5 aromatic rings. The lowest BCUT2D eigenvalue weighted by Crippen LogP contribution is -2.38. The van der Waals surface area contributed by atoms with Crippen molar-refractivity contribution in [1.82, 2.24) is 14.9 Å². The summed E-state index contributed by atoms with van der Waals surface area (Å²) in [5.74, 6) is 1.56. The number of hydrogen-bond acceptors (Lipinski definition) is 7. The first-order valence-electron chi connectivity index (χ1n) is 17.4. The molecule has 51 heavy (non-hydrogen) atoms. The van der Waals surface area contributed by atoms with E-state index in [9.17, 15) is 9.59 Å². The van der Waals surface area contributed by atoms with Crippen LogP contribution in [0, 0.1) is 0 Å². The van der Waals surface area contributed by atoms with Crippen LogP contribution in [-0.4, -0.2) is 46.6 Å². The Labute approximate surface area is 306 Å². The van der Waals surface area contributed by atoms with Gasteiger partial charge in [-0.05, 0) is 106 Å². The fourth-order valence-electron chi connectivity index (χ4n) is 7.76. The standard InChI is InChI=1S/C41H39BrN6O3/c1-41(2)36-27(8-7-13-35(36)46-38(41)49)22-43-37-34(42)23-44-39(47-37)45-28-16-14-25(15-17-28)26-18-20-48(21-19-26)40(50)51-24-33-31-11-5-3-9-29(31)30-10-4-6-12-32(30)33/h3-17,23,26,33H,18-22,24H2,1-2H3,(H,46,49)(H2,43,44,45,47). The van der Waals surface area contributed by atoms with E-state index in [2.05, 4.69) is 97.5 Å². The van der Waals surface area contributed by atoms with Gasteiger partial charge in [0.1, 0.15) is 12.4 Å². The molecule has 3 heterocycles. The number of nitrogens with one attached hydrogen (secondary N) is 3. The number of fused-ring (bicyclic) bond motifs is 4. The molecular formula is C41H39BrN6O3. The van der Waals surface area contributed by atoms with Crippen molar-refractivity contribution < 1.29 is 14.3 Å². The summed E-state index contributed by atoms with van der Waals surface area (Å²) in [6, 6.07) is 31.1. The number of carbonyl (C=O) groups excluding carboxylic acids is 2. The van der Waals surface area contributed by atoms with Crippen molar-refractivity contribution in [1.29, 1.82) is 0 Å². The average molecular weight is 744 g/mol. The SMILES string of the molecule is CC1(C)C(=O)Nc2cccc(CNc3nc(Nc4ccc(C5CCN(C(=O)OCC6c7ccccc7-c7ccccc76)CC5)cc4)ncc3Br)c21. The smallest absolute Gasteiger partial charge is 0.409 e. The van der Waals surface area contributed by atoms with Gasteiger partial charge in [0.25, 0.3) is 0 Å². The molecule has 3 aliphatic rings. The number of aromatic nitrogens is 2. The third-order valence-corrected chi connectivity index (χ3v) is 11.1. The van der Waals surface area contributed by atoms with Gasteiger partial charge in [0.05, 0.1) is 9.89 Å². The van der Waals surface area contributed by atoms with Gasteiger partial charge in [0.15, 0.2) is 0 Å². The van der Waals surface area contributed by atoms with Gasteiger partial charge in [0, 0.05) is 43.1 Å². The lowest BCUT2D eigenvalue weighted by molar-refractivity contribution is -0.119. The van der Waals surface area contributed by atoms with E-state index in [1.54, 1.807) is 6.20 Å². The zero-order chi connectivity index (χ0) is 35.1. The summed E-state index contributed by atoms with van der Waals surface area (Å²) >= 11 is 3.57. The van der Waals surface area contributed by atoms with E-state index < -0.39 is 5.41 Å². The Hall–Kier alpha value is -5.22. The second-order valence-corrected chi connectivity index (χ2v) is 14.8. The number of hydrogen-bond donors (Lipinski definition) is 3. The highest BCUT2D eigenvalue weighted by molar-refractivity contribution is 9.10. The predicted molar refractivity (Wildman–Crippen MR) is 203 cm³/mol. The van der Waals surface area contributed by atoms with Crippen molar-refractivity contribution in [2.75, 3.05) is 35.6 Å². The molecule has 0 bridgehead atoms. The van der Waals surface area contributed by atoms with Crippen LogP contribution >= 0.6 is 15.9 Å². The molecule has 0 radical (unpaired) electrons.